The molecule has 2 aliphatic heterocycles. The molecule has 0 spiro atoms. The summed E-state index contributed by atoms with van der Waals surface area (Å²) in [6.07, 6.45) is -4.67. The molecule has 2 aliphatic rings. The number of hydrogen-bond acceptors (Lipinski definition) is 4. The summed E-state index contributed by atoms with van der Waals surface area (Å²) < 4.78 is 58.5. The van der Waals surface area contributed by atoms with Gasteiger partial charge in [0.15, 0.2) is 0 Å². The molecule has 0 saturated carbocycles. The van der Waals surface area contributed by atoms with Crippen LogP contribution >= 0.6 is 0 Å². The summed E-state index contributed by atoms with van der Waals surface area (Å²) in [5.41, 5.74) is 1.05. The minimum atomic E-state index is -4.50. The van der Waals surface area contributed by atoms with Crippen molar-refractivity contribution in [1.29, 1.82) is 0 Å². The first-order valence-electron chi connectivity index (χ1n) is 12.7. The fourth-order valence-corrected chi connectivity index (χ4v) is 5.24. The van der Waals surface area contributed by atoms with Crippen LogP contribution in [0.2, 0.25) is 0 Å². The molecule has 2 aromatic rings. The zero-order chi connectivity index (χ0) is 27.7. The number of rotatable bonds is 7. The molecule has 10 heteroatoms. The molecule has 1 saturated heterocycles. The molecule has 0 aromatic heterocycles. The van der Waals surface area contributed by atoms with Crippen LogP contribution in [0.1, 0.15) is 49.8 Å². The molecule has 2 amide bonds. The van der Waals surface area contributed by atoms with Crippen LogP contribution in [-0.4, -0.2) is 62.1 Å². The van der Waals surface area contributed by atoms with Gasteiger partial charge in [-0.3, -0.25) is 9.59 Å². The second-order valence-electron chi connectivity index (χ2n) is 10.7. The van der Waals surface area contributed by atoms with Crippen LogP contribution in [0.25, 0.3) is 0 Å². The average molecular weight is 536 g/mol. The molecule has 2 aromatic carbocycles. The van der Waals surface area contributed by atoms with E-state index in [0.717, 1.165) is 23.4 Å². The number of fused-ring (bicyclic) bond motifs is 1. The maximum absolute atomic E-state index is 13.9. The van der Waals surface area contributed by atoms with Crippen molar-refractivity contribution in [1.82, 2.24) is 10.2 Å². The lowest BCUT2D eigenvalue weighted by atomic mass is 9.87. The number of amides is 2. The first kappa shape index (κ1) is 27.9. The van der Waals surface area contributed by atoms with E-state index in [1.54, 1.807) is 11.0 Å². The van der Waals surface area contributed by atoms with Gasteiger partial charge < -0.3 is 19.9 Å². The van der Waals surface area contributed by atoms with E-state index in [4.69, 9.17) is 4.74 Å². The summed E-state index contributed by atoms with van der Waals surface area (Å²) in [6, 6.07) is 8.73. The highest BCUT2D eigenvalue weighted by Gasteiger charge is 2.37. The molecule has 0 bridgehead atoms. The molecular weight excluding hydrogens is 502 g/mol. The molecule has 0 radical (unpaired) electrons. The number of ether oxygens (including phenoxy) is 1. The van der Waals surface area contributed by atoms with E-state index in [2.05, 4.69) is 10.2 Å². The first-order chi connectivity index (χ1) is 17.8. The second-order valence-corrected chi connectivity index (χ2v) is 10.7. The lowest BCUT2D eigenvalue weighted by Gasteiger charge is -2.30. The van der Waals surface area contributed by atoms with E-state index in [0.29, 0.717) is 45.0 Å². The summed E-state index contributed by atoms with van der Waals surface area (Å²) in [5, 5.41) is 2.96. The van der Waals surface area contributed by atoms with Gasteiger partial charge in [0, 0.05) is 49.7 Å². The topological polar surface area (TPSA) is 61.9 Å². The van der Waals surface area contributed by atoms with Gasteiger partial charge in [-0.2, -0.15) is 13.2 Å². The Labute approximate surface area is 219 Å². The molecule has 1 fully saturated rings. The monoisotopic (exact) mass is 535 g/mol. The van der Waals surface area contributed by atoms with Crippen molar-refractivity contribution in [2.24, 2.45) is 0 Å². The van der Waals surface area contributed by atoms with Crippen molar-refractivity contribution in [3.63, 3.8) is 0 Å². The third-order valence-electron chi connectivity index (χ3n) is 7.20. The number of nitrogens with one attached hydrogen (secondary N) is 1. The highest BCUT2D eigenvalue weighted by atomic mass is 19.4. The Balaban J connectivity index is 1.50. The van der Waals surface area contributed by atoms with E-state index >= 15 is 0 Å². The van der Waals surface area contributed by atoms with Gasteiger partial charge in [0.25, 0.3) is 0 Å². The predicted molar refractivity (Wildman–Crippen MR) is 135 cm³/mol. The number of carbonyl (C=O) groups is 2. The van der Waals surface area contributed by atoms with Gasteiger partial charge in [-0.15, -0.1) is 0 Å². The largest absolute Gasteiger partial charge is 0.416 e. The van der Waals surface area contributed by atoms with Crippen molar-refractivity contribution in [3.05, 3.63) is 65.0 Å². The Hall–Kier alpha value is -3.14. The molecular formula is C28H33F4N3O3. The lowest BCUT2D eigenvalue weighted by molar-refractivity contribution is -0.138. The Morgan fingerprint density at radius 1 is 1.08 bits per heavy atom. The van der Waals surface area contributed by atoms with Gasteiger partial charge in [0.05, 0.1) is 24.7 Å². The number of nitrogens with zero attached hydrogens (tertiary/aromatic N) is 2. The van der Waals surface area contributed by atoms with Crippen molar-refractivity contribution in [2.75, 3.05) is 44.3 Å². The Morgan fingerprint density at radius 2 is 1.74 bits per heavy atom. The maximum Gasteiger partial charge on any atom is 0.416 e. The van der Waals surface area contributed by atoms with Gasteiger partial charge in [-0.05, 0) is 48.4 Å². The second kappa shape index (κ2) is 10.9. The van der Waals surface area contributed by atoms with Crippen LogP contribution < -0.4 is 10.2 Å². The maximum atomic E-state index is 13.9. The zero-order valence-electron chi connectivity index (χ0n) is 21.8. The molecule has 6 nitrogen and oxygen atoms in total. The summed E-state index contributed by atoms with van der Waals surface area (Å²) in [6.45, 7) is 8.60. The third-order valence-corrected chi connectivity index (χ3v) is 7.20. The summed E-state index contributed by atoms with van der Waals surface area (Å²) in [7, 11) is 0. The van der Waals surface area contributed by atoms with E-state index in [9.17, 15) is 27.2 Å². The number of hydrogen-bond donors (Lipinski definition) is 1. The number of anilines is 1. The van der Waals surface area contributed by atoms with Gasteiger partial charge in [0.2, 0.25) is 11.8 Å². The van der Waals surface area contributed by atoms with Crippen LogP contribution in [0, 0.1) is 5.82 Å². The fraction of sp³-hybridized carbons (Fsp3) is 0.500. The number of benzene rings is 2. The van der Waals surface area contributed by atoms with Crippen LogP contribution in [-0.2, 0) is 25.9 Å². The normalized spacial score (nSPS) is 18.6. The van der Waals surface area contributed by atoms with Gasteiger partial charge in [0.1, 0.15) is 5.82 Å². The third kappa shape index (κ3) is 6.28. The SMILES string of the molecule is C[C@@H](CN1CC(C)(C)c2cc(F)ccc21)NC(=O)[C@H](CC(=O)N1CCOCC1)c1ccc(C(F)(F)F)cc1. The standard InChI is InChI=1S/C28H33F4N3O3/c1-18(16-35-17-27(2,3)23-14-21(29)8-9-24(23)35)33-26(37)22(15-25(36)34-10-12-38-13-11-34)19-4-6-20(7-5-19)28(30,31)32/h4-9,14,18,22H,10-13,15-17H2,1-3H3,(H,33,37)/t18-,22+/m0/s1. The lowest BCUT2D eigenvalue weighted by Crippen LogP contribution is -2.46. The first-order valence-corrected chi connectivity index (χ1v) is 12.7. The van der Waals surface area contributed by atoms with Crippen molar-refractivity contribution >= 4 is 17.5 Å². The molecule has 0 aliphatic carbocycles. The molecule has 206 valence electrons. The average Bonchev–Trinajstić information content (AvgIpc) is 3.10. The van der Waals surface area contributed by atoms with Crippen molar-refractivity contribution < 1.29 is 31.9 Å². The minimum absolute atomic E-state index is 0.164. The molecule has 2 atom stereocenters. The fourth-order valence-electron chi connectivity index (χ4n) is 5.24. The highest BCUT2D eigenvalue weighted by Crippen LogP contribution is 2.40. The smallest absolute Gasteiger partial charge is 0.378 e. The van der Waals surface area contributed by atoms with E-state index in [1.807, 2.05) is 20.8 Å². The van der Waals surface area contributed by atoms with Gasteiger partial charge in [-0.1, -0.05) is 26.0 Å². The molecule has 4 rings (SSSR count). The van der Waals surface area contributed by atoms with Crippen LogP contribution in [0.5, 0.6) is 0 Å². The quantitative estimate of drug-likeness (QED) is 0.532. The summed E-state index contributed by atoms with van der Waals surface area (Å²) in [5.74, 6) is -1.94. The van der Waals surface area contributed by atoms with Crippen LogP contribution in [0.15, 0.2) is 42.5 Å². The molecule has 38 heavy (non-hydrogen) atoms. The van der Waals surface area contributed by atoms with E-state index in [-0.39, 0.29) is 29.6 Å². The van der Waals surface area contributed by atoms with Gasteiger partial charge in [-0.25, -0.2) is 4.39 Å². The predicted octanol–water partition coefficient (Wildman–Crippen LogP) is 4.48. The number of alkyl halides is 3. The summed E-state index contributed by atoms with van der Waals surface area (Å²) >= 11 is 0. The van der Waals surface area contributed by atoms with Gasteiger partial charge >= 0.3 is 6.18 Å². The molecule has 0 unspecified atom stereocenters. The van der Waals surface area contributed by atoms with Crippen molar-refractivity contribution in [2.45, 2.75) is 50.7 Å². The van der Waals surface area contributed by atoms with E-state index < -0.39 is 23.6 Å². The van der Waals surface area contributed by atoms with Crippen molar-refractivity contribution in [3.8, 4) is 0 Å². The highest BCUT2D eigenvalue weighted by molar-refractivity contribution is 5.90. The van der Waals surface area contributed by atoms with Crippen LogP contribution in [0.4, 0.5) is 23.2 Å². The van der Waals surface area contributed by atoms with Crippen LogP contribution in [0.3, 0.4) is 0 Å². The Morgan fingerprint density at radius 3 is 2.37 bits per heavy atom. The number of halogens is 4. The Kier molecular flexibility index (Phi) is 8.01. The molecule has 1 N–H and O–H groups in total. The van der Waals surface area contributed by atoms with E-state index in [1.165, 1.54) is 24.3 Å². The zero-order valence-corrected chi connectivity index (χ0v) is 21.8. The summed E-state index contributed by atoms with van der Waals surface area (Å²) in [4.78, 5) is 30.1. The number of morpholine rings is 1. The Bertz CT molecular complexity index is 1160. The molecule has 2 heterocycles. The minimum Gasteiger partial charge on any atom is -0.378 e. The number of carbonyl (C=O) groups excluding carboxylic acids is 2.